The Morgan fingerprint density at radius 3 is 2.56 bits per heavy atom. The summed E-state index contributed by atoms with van der Waals surface area (Å²) in [6, 6.07) is 8.16. The SMILES string of the molecule is CC(O)(CO)c1ccc(Oc2nc3nc(OCc4c(F)cccc4F)c(Cl)cc3[nH]2)cn1. The first kappa shape index (κ1) is 21.9. The maximum Gasteiger partial charge on any atom is 0.301 e. The monoisotopic (exact) mass is 462 g/mol. The van der Waals surface area contributed by atoms with Crippen LogP contribution in [0.1, 0.15) is 18.2 Å². The molecule has 0 saturated carbocycles. The Kier molecular flexibility index (Phi) is 5.92. The molecule has 0 saturated heterocycles. The van der Waals surface area contributed by atoms with Gasteiger partial charge in [0.1, 0.15) is 34.6 Å². The highest BCUT2D eigenvalue weighted by Gasteiger charge is 2.23. The van der Waals surface area contributed by atoms with Crippen molar-refractivity contribution >= 4 is 22.8 Å². The zero-order valence-electron chi connectivity index (χ0n) is 16.6. The highest BCUT2D eigenvalue weighted by molar-refractivity contribution is 6.32. The Bertz CT molecular complexity index is 1240. The molecular weight excluding hydrogens is 446 g/mol. The van der Waals surface area contributed by atoms with Crippen LogP contribution in [-0.2, 0) is 12.2 Å². The number of ether oxygens (including phenoxy) is 2. The summed E-state index contributed by atoms with van der Waals surface area (Å²) < 4.78 is 38.6. The quantitative estimate of drug-likeness (QED) is 0.382. The summed E-state index contributed by atoms with van der Waals surface area (Å²) in [5, 5.41) is 19.3. The predicted octanol–water partition coefficient (Wildman–Crippen LogP) is 3.86. The third-order valence-corrected chi connectivity index (χ3v) is 4.87. The van der Waals surface area contributed by atoms with E-state index in [0.717, 1.165) is 12.1 Å². The minimum atomic E-state index is -1.47. The number of aliphatic hydroxyl groups excluding tert-OH is 1. The van der Waals surface area contributed by atoms with Crippen molar-refractivity contribution in [2.45, 2.75) is 19.1 Å². The third-order valence-electron chi connectivity index (χ3n) is 4.60. The molecule has 0 amide bonds. The first-order valence-electron chi connectivity index (χ1n) is 9.36. The number of hydrogen-bond donors (Lipinski definition) is 3. The molecule has 0 fully saturated rings. The lowest BCUT2D eigenvalue weighted by Gasteiger charge is -2.19. The standard InChI is InChI=1S/C21H17ClF2N4O4/c1-21(30,10-29)17-6-5-11(8-25-17)32-20-26-16-7-13(22)19(27-18(16)28-20)31-9-12-14(23)3-2-4-15(12)24/h2-8,29-30H,9-10H2,1H3,(H,26,27,28). The highest BCUT2D eigenvalue weighted by atomic mass is 35.5. The van der Waals surface area contributed by atoms with E-state index in [4.69, 9.17) is 21.1 Å². The average Bonchev–Trinajstić information content (AvgIpc) is 3.14. The molecule has 4 aromatic rings. The number of fused-ring (bicyclic) bond motifs is 1. The second-order valence-electron chi connectivity index (χ2n) is 7.09. The first-order chi connectivity index (χ1) is 15.3. The van der Waals surface area contributed by atoms with Crippen LogP contribution < -0.4 is 9.47 Å². The fourth-order valence-corrected chi connectivity index (χ4v) is 3.00. The van der Waals surface area contributed by atoms with Crippen molar-refractivity contribution in [1.82, 2.24) is 19.9 Å². The molecule has 32 heavy (non-hydrogen) atoms. The lowest BCUT2D eigenvalue weighted by atomic mass is 10.0. The van der Waals surface area contributed by atoms with Gasteiger partial charge in [-0.2, -0.15) is 9.97 Å². The zero-order chi connectivity index (χ0) is 22.9. The predicted molar refractivity (Wildman–Crippen MR) is 111 cm³/mol. The van der Waals surface area contributed by atoms with Crippen LogP contribution in [0.3, 0.4) is 0 Å². The van der Waals surface area contributed by atoms with Crippen LogP contribution in [0.15, 0.2) is 42.6 Å². The van der Waals surface area contributed by atoms with E-state index in [-0.39, 0.29) is 33.8 Å². The molecule has 4 rings (SSSR count). The van der Waals surface area contributed by atoms with E-state index in [9.17, 15) is 19.0 Å². The number of H-pyrrole nitrogens is 1. The van der Waals surface area contributed by atoms with Gasteiger partial charge in [-0.15, -0.1) is 0 Å². The van der Waals surface area contributed by atoms with Crippen molar-refractivity contribution in [2.24, 2.45) is 0 Å². The number of pyridine rings is 2. The molecule has 1 atom stereocenters. The minimum absolute atomic E-state index is 0.0443. The van der Waals surface area contributed by atoms with Gasteiger partial charge in [0.05, 0.1) is 29.6 Å². The molecule has 3 heterocycles. The molecule has 3 aromatic heterocycles. The Morgan fingerprint density at radius 2 is 1.91 bits per heavy atom. The van der Waals surface area contributed by atoms with E-state index in [1.54, 1.807) is 6.07 Å². The lowest BCUT2D eigenvalue weighted by molar-refractivity contribution is -0.00589. The number of benzene rings is 1. The number of nitrogens with one attached hydrogen (secondary N) is 1. The van der Waals surface area contributed by atoms with Crippen molar-refractivity contribution < 1.29 is 28.5 Å². The molecule has 0 aliphatic carbocycles. The number of rotatable bonds is 7. The topological polar surface area (TPSA) is 113 Å². The van der Waals surface area contributed by atoms with Crippen LogP contribution in [0.2, 0.25) is 5.02 Å². The number of halogens is 3. The number of aliphatic hydroxyl groups is 2. The van der Waals surface area contributed by atoms with Gasteiger partial charge in [-0.05, 0) is 37.3 Å². The fourth-order valence-electron chi connectivity index (χ4n) is 2.79. The number of aromatic nitrogens is 4. The van der Waals surface area contributed by atoms with Crippen molar-refractivity contribution in [3.8, 4) is 17.6 Å². The molecular formula is C21H17ClF2N4O4. The fraction of sp³-hybridized carbons (Fsp3) is 0.190. The van der Waals surface area contributed by atoms with E-state index < -0.39 is 30.4 Å². The summed E-state index contributed by atoms with van der Waals surface area (Å²) in [5.41, 5.74) is -0.782. The van der Waals surface area contributed by atoms with Crippen LogP contribution in [0, 0.1) is 11.6 Å². The van der Waals surface area contributed by atoms with Crippen LogP contribution in [-0.4, -0.2) is 36.8 Å². The van der Waals surface area contributed by atoms with Crippen LogP contribution >= 0.6 is 11.6 Å². The molecule has 11 heteroatoms. The lowest BCUT2D eigenvalue weighted by Crippen LogP contribution is -2.26. The maximum absolute atomic E-state index is 13.8. The highest BCUT2D eigenvalue weighted by Crippen LogP contribution is 2.29. The van der Waals surface area contributed by atoms with Gasteiger partial charge in [0.25, 0.3) is 0 Å². The van der Waals surface area contributed by atoms with E-state index >= 15 is 0 Å². The van der Waals surface area contributed by atoms with Gasteiger partial charge in [0, 0.05) is 0 Å². The summed E-state index contributed by atoms with van der Waals surface area (Å²) in [6.45, 7) is 0.551. The second-order valence-corrected chi connectivity index (χ2v) is 7.50. The Labute approximate surface area is 185 Å². The second kappa shape index (κ2) is 8.65. The Balaban J connectivity index is 1.52. The van der Waals surface area contributed by atoms with E-state index in [0.29, 0.717) is 11.3 Å². The molecule has 0 aliphatic heterocycles. The number of imidazole rings is 1. The number of aromatic amines is 1. The Hall–Kier alpha value is -3.34. The van der Waals surface area contributed by atoms with Gasteiger partial charge in [-0.3, -0.25) is 4.98 Å². The first-order valence-corrected chi connectivity index (χ1v) is 9.74. The van der Waals surface area contributed by atoms with Crippen molar-refractivity contribution in [1.29, 1.82) is 0 Å². The van der Waals surface area contributed by atoms with Crippen molar-refractivity contribution in [2.75, 3.05) is 6.61 Å². The van der Waals surface area contributed by atoms with Gasteiger partial charge in [-0.1, -0.05) is 17.7 Å². The molecule has 8 nitrogen and oxygen atoms in total. The van der Waals surface area contributed by atoms with Crippen LogP contribution in [0.4, 0.5) is 8.78 Å². The normalized spacial score (nSPS) is 13.2. The molecule has 0 radical (unpaired) electrons. The van der Waals surface area contributed by atoms with Gasteiger partial charge in [-0.25, -0.2) is 8.78 Å². The molecule has 0 aliphatic rings. The molecule has 0 bridgehead atoms. The van der Waals surface area contributed by atoms with E-state index in [2.05, 4.69) is 19.9 Å². The molecule has 1 aromatic carbocycles. The molecule has 3 N–H and O–H groups in total. The van der Waals surface area contributed by atoms with Crippen molar-refractivity contribution in [3.63, 3.8) is 0 Å². The summed E-state index contributed by atoms with van der Waals surface area (Å²) in [6.07, 6.45) is 1.37. The summed E-state index contributed by atoms with van der Waals surface area (Å²) >= 11 is 6.17. The third kappa shape index (κ3) is 4.47. The molecule has 1 unspecified atom stereocenters. The van der Waals surface area contributed by atoms with Crippen LogP contribution in [0.5, 0.6) is 17.6 Å². The van der Waals surface area contributed by atoms with Gasteiger partial charge < -0.3 is 24.7 Å². The van der Waals surface area contributed by atoms with Gasteiger partial charge in [0.2, 0.25) is 5.88 Å². The average molecular weight is 463 g/mol. The smallest absolute Gasteiger partial charge is 0.301 e. The summed E-state index contributed by atoms with van der Waals surface area (Å²) in [4.78, 5) is 15.3. The van der Waals surface area contributed by atoms with E-state index in [1.165, 1.54) is 31.3 Å². The largest absolute Gasteiger partial charge is 0.471 e. The van der Waals surface area contributed by atoms with E-state index in [1.807, 2.05) is 0 Å². The number of hydrogen-bond acceptors (Lipinski definition) is 7. The zero-order valence-corrected chi connectivity index (χ0v) is 17.4. The number of nitrogens with zero attached hydrogens (tertiary/aromatic N) is 3. The molecule has 0 spiro atoms. The van der Waals surface area contributed by atoms with Crippen LogP contribution in [0.25, 0.3) is 11.2 Å². The summed E-state index contributed by atoms with van der Waals surface area (Å²) in [5.74, 6) is -1.20. The Morgan fingerprint density at radius 1 is 1.16 bits per heavy atom. The van der Waals surface area contributed by atoms with Crippen molar-refractivity contribution in [3.05, 3.63) is 70.5 Å². The minimum Gasteiger partial charge on any atom is -0.471 e. The van der Waals surface area contributed by atoms with Gasteiger partial charge >= 0.3 is 6.01 Å². The molecule has 166 valence electrons. The summed E-state index contributed by atoms with van der Waals surface area (Å²) in [7, 11) is 0. The maximum atomic E-state index is 13.8. The van der Waals surface area contributed by atoms with Gasteiger partial charge in [0.15, 0.2) is 5.65 Å².